The molecule has 0 spiro atoms. The third kappa shape index (κ3) is 2.90. The third-order valence-electron chi connectivity index (χ3n) is 4.81. The Morgan fingerprint density at radius 3 is 2.78 bits per heavy atom. The molecule has 1 atom stereocenters. The molecule has 2 aliphatic rings. The van der Waals surface area contributed by atoms with E-state index in [1.807, 2.05) is 36.9 Å². The van der Waals surface area contributed by atoms with Crippen LogP contribution in [0.4, 0.5) is 4.79 Å². The van der Waals surface area contributed by atoms with E-state index in [4.69, 9.17) is 11.6 Å². The molecule has 1 saturated heterocycles. The van der Waals surface area contributed by atoms with Crippen LogP contribution in [-0.2, 0) is 11.2 Å². The van der Waals surface area contributed by atoms with Crippen molar-refractivity contribution in [3.8, 4) is 0 Å². The van der Waals surface area contributed by atoms with Crippen molar-refractivity contribution in [3.63, 3.8) is 0 Å². The third-order valence-corrected chi connectivity index (χ3v) is 5.04. The Labute approximate surface area is 141 Å². The second-order valence-corrected chi connectivity index (χ2v) is 6.47. The van der Waals surface area contributed by atoms with Crippen LogP contribution in [0.5, 0.6) is 0 Å². The number of benzene rings is 1. The number of halogens is 1. The van der Waals surface area contributed by atoms with Gasteiger partial charge in [0.25, 0.3) is 0 Å². The first-order valence-corrected chi connectivity index (χ1v) is 8.54. The van der Waals surface area contributed by atoms with Gasteiger partial charge >= 0.3 is 6.03 Å². The summed E-state index contributed by atoms with van der Waals surface area (Å²) in [6.45, 7) is 6.62. The van der Waals surface area contributed by atoms with E-state index in [0.29, 0.717) is 31.2 Å². The zero-order valence-corrected chi connectivity index (χ0v) is 14.3. The summed E-state index contributed by atoms with van der Waals surface area (Å²) in [6, 6.07) is 5.71. The molecule has 124 valence electrons. The molecule has 6 heteroatoms. The van der Waals surface area contributed by atoms with E-state index in [1.54, 1.807) is 9.80 Å². The zero-order chi connectivity index (χ0) is 16.6. The van der Waals surface area contributed by atoms with Crippen LogP contribution in [0.1, 0.15) is 31.0 Å². The van der Waals surface area contributed by atoms with E-state index >= 15 is 0 Å². The monoisotopic (exact) mass is 335 g/mol. The van der Waals surface area contributed by atoms with Crippen molar-refractivity contribution in [2.75, 3.05) is 32.7 Å². The van der Waals surface area contributed by atoms with Gasteiger partial charge in [0.2, 0.25) is 5.91 Å². The second kappa shape index (κ2) is 6.40. The highest BCUT2D eigenvalue weighted by Gasteiger charge is 2.39. The van der Waals surface area contributed by atoms with Gasteiger partial charge in [-0.3, -0.25) is 4.79 Å². The summed E-state index contributed by atoms with van der Waals surface area (Å²) in [6.07, 6.45) is 0.846. The molecule has 0 aliphatic carbocycles. The van der Waals surface area contributed by atoms with Crippen LogP contribution in [0.15, 0.2) is 18.2 Å². The normalized spacial score (nSPS) is 20.1. The first-order chi connectivity index (χ1) is 11.0. The molecule has 1 aromatic carbocycles. The van der Waals surface area contributed by atoms with Crippen LogP contribution in [0.25, 0.3) is 0 Å². The molecule has 0 radical (unpaired) electrons. The van der Waals surface area contributed by atoms with E-state index in [2.05, 4.69) is 0 Å². The Morgan fingerprint density at radius 1 is 1.35 bits per heavy atom. The van der Waals surface area contributed by atoms with Crippen molar-refractivity contribution in [1.82, 2.24) is 14.7 Å². The predicted octanol–water partition coefficient (Wildman–Crippen LogP) is 2.54. The number of urea groups is 1. The van der Waals surface area contributed by atoms with Crippen LogP contribution < -0.4 is 0 Å². The minimum absolute atomic E-state index is 0.0207. The molecule has 5 nitrogen and oxygen atoms in total. The minimum atomic E-state index is -0.0850. The summed E-state index contributed by atoms with van der Waals surface area (Å²) < 4.78 is 0. The average molecular weight is 336 g/mol. The predicted molar refractivity (Wildman–Crippen MR) is 89.5 cm³/mol. The van der Waals surface area contributed by atoms with Gasteiger partial charge in [0.05, 0.1) is 6.04 Å². The minimum Gasteiger partial charge on any atom is -0.332 e. The lowest BCUT2D eigenvalue weighted by Gasteiger charge is -2.45. The molecular weight excluding hydrogens is 314 g/mol. The Bertz CT molecular complexity index is 630. The summed E-state index contributed by atoms with van der Waals surface area (Å²) >= 11 is 6.15. The quantitative estimate of drug-likeness (QED) is 0.833. The highest BCUT2D eigenvalue weighted by Crippen LogP contribution is 2.34. The van der Waals surface area contributed by atoms with E-state index < -0.39 is 0 Å². The number of hydrogen-bond acceptors (Lipinski definition) is 2. The molecule has 2 heterocycles. The fourth-order valence-electron chi connectivity index (χ4n) is 3.53. The lowest BCUT2D eigenvalue weighted by molar-refractivity contribution is -0.139. The van der Waals surface area contributed by atoms with Crippen LogP contribution in [-0.4, -0.2) is 59.4 Å². The molecule has 2 aliphatic heterocycles. The summed E-state index contributed by atoms with van der Waals surface area (Å²) in [5.74, 6) is 0.0207. The molecule has 3 amide bonds. The zero-order valence-electron chi connectivity index (χ0n) is 13.6. The highest BCUT2D eigenvalue weighted by atomic mass is 35.5. The van der Waals surface area contributed by atoms with E-state index in [1.165, 1.54) is 5.56 Å². The van der Waals surface area contributed by atoms with Crippen LogP contribution in [0, 0.1) is 0 Å². The first-order valence-electron chi connectivity index (χ1n) is 8.16. The van der Waals surface area contributed by atoms with Gasteiger partial charge < -0.3 is 14.7 Å². The lowest BCUT2D eigenvalue weighted by Crippen LogP contribution is -2.58. The molecule has 1 fully saturated rings. The van der Waals surface area contributed by atoms with Crippen molar-refractivity contribution < 1.29 is 9.59 Å². The Morgan fingerprint density at radius 2 is 2.09 bits per heavy atom. The molecule has 0 aromatic heterocycles. The molecule has 23 heavy (non-hydrogen) atoms. The maximum Gasteiger partial charge on any atom is 0.320 e. The number of nitrogens with zero attached hydrogens (tertiary/aromatic N) is 3. The Balaban J connectivity index is 1.89. The molecular formula is C17H22ClN3O2. The van der Waals surface area contributed by atoms with Gasteiger partial charge in [-0.1, -0.05) is 17.7 Å². The fourth-order valence-corrected chi connectivity index (χ4v) is 3.71. The molecule has 1 unspecified atom stereocenters. The van der Waals surface area contributed by atoms with Gasteiger partial charge in [-0.25, -0.2) is 4.79 Å². The topological polar surface area (TPSA) is 43.9 Å². The number of hydrogen-bond donors (Lipinski definition) is 0. The lowest BCUT2D eigenvalue weighted by atomic mass is 9.91. The average Bonchev–Trinajstić information content (AvgIpc) is 2.55. The molecule has 0 bridgehead atoms. The number of carbonyl (C=O) groups excluding carboxylic acids is 2. The molecule has 0 saturated carbocycles. The maximum absolute atomic E-state index is 12.6. The van der Waals surface area contributed by atoms with Gasteiger partial charge in [-0.2, -0.15) is 0 Å². The molecule has 3 rings (SSSR count). The number of rotatable bonds is 2. The SMILES string of the molecule is CCN(CC)C(=O)N1CC(=O)N2CCc3ccc(Cl)cc3C2C1. The molecule has 0 N–H and O–H groups in total. The summed E-state index contributed by atoms with van der Waals surface area (Å²) in [5, 5.41) is 0.672. The van der Waals surface area contributed by atoms with Crippen molar-refractivity contribution in [1.29, 1.82) is 0 Å². The summed E-state index contributed by atoms with van der Waals surface area (Å²) in [5.41, 5.74) is 2.30. The number of carbonyl (C=O) groups is 2. The van der Waals surface area contributed by atoms with Crippen molar-refractivity contribution in [2.45, 2.75) is 26.3 Å². The van der Waals surface area contributed by atoms with Crippen LogP contribution >= 0.6 is 11.6 Å². The van der Waals surface area contributed by atoms with Gasteiger partial charge in [0.15, 0.2) is 0 Å². The summed E-state index contributed by atoms with van der Waals surface area (Å²) in [7, 11) is 0. The molecule has 1 aromatic rings. The highest BCUT2D eigenvalue weighted by molar-refractivity contribution is 6.30. The Hall–Kier alpha value is -1.75. The fraction of sp³-hybridized carbons (Fsp3) is 0.529. The first kappa shape index (κ1) is 16.1. The van der Waals surface area contributed by atoms with Gasteiger partial charge in [-0.05, 0) is 43.5 Å². The smallest absolute Gasteiger partial charge is 0.320 e. The van der Waals surface area contributed by atoms with E-state index in [9.17, 15) is 9.59 Å². The number of fused-ring (bicyclic) bond motifs is 3. The number of amides is 3. The van der Waals surface area contributed by atoms with Gasteiger partial charge in [0.1, 0.15) is 6.54 Å². The van der Waals surface area contributed by atoms with Crippen LogP contribution in [0.2, 0.25) is 5.02 Å². The standard InChI is InChI=1S/C17H22ClN3O2/c1-3-19(4-2)17(23)20-10-15-14-9-13(18)6-5-12(14)7-8-21(15)16(22)11-20/h5-6,9,15H,3-4,7-8,10-11H2,1-2H3. The van der Waals surface area contributed by atoms with Crippen molar-refractivity contribution in [2.24, 2.45) is 0 Å². The Kier molecular flexibility index (Phi) is 4.48. The van der Waals surface area contributed by atoms with Gasteiger partial charge in [0, 0.05) is 31.2 Å². The van der Waals surface area contributed by atoms with E-state index in [0.717, 1.165) is 12.0 Å². The summed E-state index contributed by atoms with van der Waals surface area (Å²) in [4.78, 5) is 30.5. The van der Waals surface area contributed by atoms with Crippen molar-refractivity contribution in [3.05, 3.63) is 34.3 Å². The van der Waals surface area contributed by atoms with E-state index in [-0.39, 0.29) is 24.5 Å². The number of piperazine rings is 1. The van der Waals surface area contributed by atoms with Crippen molar-refractivity contribution >= 4 is 23.5 Å². The second-order valence-electron chi connectivity index (χ2n) is 6.03. The van der Waals surface area contributed by atoms with Crippen LogP contribution in [0.3, 0.4) is 0 Å². The van der Waals surface area contributed by atoms with Gasteiger partial charge in [-0.15, -0.1) is 0 Å². The maximum atomic E-state index is 12.6. The largest absolute Gasteiger partial charge is 0.332 e.